The molecule has 7 nitrogen and oxygen atoms in total. The minimum Gasteiger partial charge on any atom is -0.467 e. The van der Waals surface area contributed by atoms with Crippen LogP contribution in [0.2, 0.25) is 0 Å². The van der Waals surface area contributed by atoms with E-state index in [4.69, 9.17) is 13.9 Å². The number of nitrogens with one attached hydrogen (secondary N) is 1. The van der Waals surface area contributed by atoms with Gasteiger partial charge in [0.05, 0.1) is 6.26 Å². The number of nitrogens with zero attached hydrogens (tertiary/aromatic N) is 2. The third-order valence-corrected chi connectivity index (χ3v) is 4.01. The van der Waals surface area contributed by atoms with Crippen LogP contribution in [0.4, 0.5) is 0 Å². The first-order chi connectivity index (χ1) is 12.8. The van der Waals surface area contributed by atoms with Crippen LogP contribution in [0.3, 0.4) is 0 Å². The normalized spacial score (nSPS) is 13.8. The molecule has 1 atom stereocenters. The van der Waals surface area contributed by atoms with Gasteiger partial charge in [0.15, 0.2) is 11.5 Å². The van der Waals surface area contributed by atoms with E-state index in [1.165, 1.54) is 6.08 Å². The van der Waals surface area contributed by atoms with Crippen LogP contribution in [-0.2, 0) is 4.79 Å². The van der Waals surface area contributed by atoms with E-state index >= 15 is 0 Å². The molecule has 2 aromatic heterocycles. The van der Waals surface area contributed by atoms with Crippen LogP contribution in [-0.4, -0.2) is 29.0 Å². The molecule has 0 saturated carbocycles. The summed E-state index contributed by atoms with van der Waals surface area (Å²) in [5.74, 6) is 1.93. The zero-order valence-corrected chi connectivity index (χ0v) is 13.9. The van der Waals surface area contributed by atoms with E-state index in [-0.39, 0.29) is 18.7 Å². The van der Waals surface area contributed by atoms with E-state index in [0.29, 0.717) is 18.0 Å². The first-order valence-corrected chi connectivity index (χ1v) is 8.18. The number of hydrogen-bond acceptors (Lipinski definition) is 5. The number of carbonyl (C=O) groups is 1. The summed E-state index contributed by atoms with van der Waals surface area (Å²) >= 11 is 0. The minimum absolute atomic E-state index is 0.202. The lowest BCUT2D eigenvalue weighted by Gasteiger charge is -2.15. The molecule has 0 unspecified atom stereocenters. The standard InChI is InChI=1S/C19H17N3O4/c23-19(7-5-14-4-6-17-18(11-14)26-13-25-17)20-12-15(16-3-1-10-24-16)22-9-2-8-21-22/h1-11,15H,12-13H2,(H,20,23)/b7-5+/t15-/m1/s1. The second-order valence-electron chi connectivity index (χ2n) is 5.71. The molecule has 3 aromatic rings. The Morgan fingerprint density at radius 1 is 1.27 bits per heavy atom. The lowest BCUT2D eigenvalue weighted by molar-refractivity contribution is -0.116. The lowest BCUT2D eigenvalue weighted by Crippen LogP contribution is -2.30. The molecule has 0 spiro atoms. The third-order valence-electron chi connectivity index (χ3n) is 4.01. The molecule has 4 rings (SSSR count). The smallest absolute Gasteiger partial charge is 0.244 e. The Hall–Kier alpha value is -3.48. The molecule has 1 aliphatic heterocycles. The maximum atomic E-state index is 12.2. The van der Waals surface area contributed by atoms with E-state index in [9.17, 15) is 4.79 Å². The average molecular weight is 351 g/mol. The van der Waals surface area contributed by atoms with E-state index < -0.39 is 0 Å². The van der Waals surface area contributed by atoms with Gasteiger partial charge in [0.25, 0.3) is 0 Å². The van der Waals surface area contributed by atoms with E-state index in [0.717, 1.165) is 11.3 Å². The summed E-state index contributed by atoms with van der Waals surface area (Å²) in [6, 6.07) is 10.8. The summed E-state index contributed by atoms with van der Waals surface area (Å²) in [5.41, 5.74) is 0.860. The highest BCUT2D eigenvalue weighted by Crippen LogP contribution is 2.32. The highest BCUT2D eigenvalue weighted by Gasteiger charge is 2.17. The summed E-state index contributed by atoms with van der Waals surface area (Å²) in [5, 5.41) is 7.12. The minimum atomic E-state index is -0.206. The van der Waals surface area contributed by atoms with Gasteiger partial charge >= 0.3 is 0 Å². The van der Waals surface area contributed by atoms with Crippen molar-refractivity contribution in [1.29, 1.82) is 0 Å². The van der Waals surface area contributed by atoms with Crippen LogP contribution in [0.15, 0.2) is 65.5 Å². The van der Waals surface area contributed by atoms with Crippen molar-refractivity contribution in [2.75, 3.05) is 13.3 Å². The SMILES string of the molecule is O=C(/C=C/c1ccc2c(c1)OCO2)NC[C@H](c1ccco1)n1cccn1. The van der Waals surface area contributed by atoms with Gasteiger partial charge in [0, 0.05) is 25.0 Å². The van der Waals surface area contributed by atoms with Gasteiger partial charge in [-0.05, 0) is 42.0 Å². The van der Waals surface area contributed by atoms with E-state index in [2.05, 4.69) is 10.4 Å². The van der Waals surface area contributed by atoms with Crippen molar-refractivity contribution in [2.24, 2.45) is 0 Å². The molecule has 0 aliphatic carbocycles. The fraction of sp³-hybridized carbons (Fsp3) is 0.158. The van der Waals surface area contributed by atoms with E-state index in [1.54, 1.807) is 23.2 Å². The number of aromatic nitrogens is 2. The van der Waals surface area contributed by atoms with Crippen LogP contribution in [0.5, 0.6) is 11.5 Å². The van der Waals surface area contributed by atoms with Crippen molar-refractivity contribution in [3.8, 4) is 11.5 Å². The molecule has 0 radical (unpaired) electrons. The molecule has 0 fully saturated rings. The van der Waals surface area contributed by atoms with Crippen LogP contribution >= 0.6 is 0 Å². The molecule has 1 aromatic carbocycles. The van der Waals surface area contributed by atoms with Crippen molar-refractivity contribution in [3.63, 3.8) is 0 Å². The number of hydrogen-bond donors (Lipinski definition) is 1. The summed E-state index contributed by atoms with van der Waals surface area (Å²) < 4.78 is 17.8. The summed E-state index contributed by atoms with van der Waals surface area (Å²) in [4.78, 5) is 12.2. The molecule has 0 bridgehead atoms. The Morgan fingerprint density at radius 3 is 3.00 bits per heavy atom. The average Bonchev–Trinajstić information content (AvgIpc) is 3.41. The Bertz CT molecular complexity index is 867. The number of rotatable bonds is 6. The summed E-state index contributed by atoms with van der Waals surface area (Å²) in [7, 11) is 0. The number of fused-ring (bicyclic) bond motifs is 1. The molecule has 0 saturated heterocycles. The highest BCUT2D eigenvalue weighted by molar-refractivity contribution is 5.91. The topological polar surface area (TPSA) is 78.5 Å². The third kappa shape index (κ3) is 3.46. The number of amides is 1. The maximum Gasteiger partial charge on any atom is 0.244 e. The molecular weight excluding hydrogens is 334 g/mol. The first-order valence-electron chi connectivity index (χ1n) is 8.18. The predicted molar refractivity (Wildman–Crippen MR) is 93.7 cm³/mol. The fourth-order valence-electron chi connectivity index (χ4n) is 2.72. The van der Waals surface area contributed by atoms with Crippen LogP contribution < -0.4 is 14.8 Å². The van der Waals surface area contributed by atoms with Crippen LogP contribution in [0, 0.1) is 0 Å². The highest BCUT2D eigenvalue weighted by atomic mass is 16.7. The largest absolute Gasteiger partial charge is 0.467 e. The number of benzene rings is 1. The van der Waals surface area contributed by atoms with Gasteiger partial charge in [0.2, 0.25) is 12.7 Å². The van der Waals surface area contributed by atoms with Gasteiger partial charge in [-0.2, -0.15) is 5.10 Å². The van der Waals surface area contributed by atoms with Crippen molar-refractivity contribution in [2.45, 2.75) is 6.04 Å². The van der Waals surface area contributed by atoms with Crippen molar-refractivity contribution in [3.05, 3.63) is 72.5 Å². The van der Waals surface area contributed by atoms with E-state index in [1.807, 2.05) is 42.6 Å². The molecule has 132 valence electrons. The van der Waals surface area contributed by atoms with Gasteiger partial charge in [-0.25, -0.2) is 0 Å². The van der Waals surface area contributed by atoms with Crippen molar-refractivity contribution < 1.29 is 18.7 Å². The Balaban J connectivity index is 1.39. The lowest BCUT2D eigenvalue weighted by atomic mass is 10.2. The maximum absolute atomic E-state index is 12.2. The number of furan rings is 1. The van der Waals surface area contributed by atoms with Gasteiger partial charge in [-0.1, -0.05) is 6.07 Å². The second-order valence-corrected chi connectivity index (χ2v) is 5.71. The van der Waals surface area contributed by atoms with Crippen LogP contribution in [0.25, 0.3) is 6.08 Å². The number of carbonyl (C=O) groups excluding carboxylic acids is 1. The number of ether oxygens (including phenoxy) is 2. The summed E-state index contributed by atoms with van der Waals surface area (Å²) in [6.45, 7) is 0.587. The monoisotopic (exact) mass is 351 g/mol. The van der Waals surface area contributed by atoms with Crippen LogP contribution in [0.1, 0.15) is 17.4 Å². The molecule has 26 heavy (non-hydrogen) atoms. The molecular formula is C19H17N3O4. The molecule has 1 N–H and O–H groups in total. The molecule has 1 aliphatic rings. The first kappa shape index (κ1) is 16.0. The Morgan fingerprint density at radius 2 is 2.19 bits per heavy atom. The quantitative estimate of drug-likeness (QED) is 0.691. The second kappa shape index (κ2) is 7.18. The van der Waals surface area contributed by atoms with Gasteiger partial charge in [0.1, 0.15) is 11.8 Å². The molecule has 3 heterocycles. The molecule has 7 heteroatoms. The zero-order chi connectivity index (χ0) is 17.8. The van der Waals surface area contributed by atoms with Gasteiger partial charge in [-0.3, -0.25) is 9.48 Å². The van der Waals surface area contributed by atoms with Crippen molar-refractivity contribution in [1.82, 2.24) is 15.1 Å². The Labute approximate surface area is 149 Å². The van der Waals surface area contributed by atoms with Gasteiger partial charge in [-0.15, -0.1) is 0 Å². The van der Waals surface area contributed by atoms with Gasteiger partial charge < -0.3 is 19.2 Å². The Kier molecular flexibility index (Phi) is 4.42. The predicted octanol–water partition coefficient (Wildman–Crippen LogP) is 2.62. The fourth-order valence-corrected chi connectivity index (χ4v) is 2.72. The zero-order valence-electron chi connectivity index (χ0n) is 13.9. The summed E-state index contributed by atoms with van der Waals surface area (Å²) in [6.07, 6.45) is 8.35. The molecule has 1 amide bonds. The van der Waals surface area contributed by atoms with Crippen molar-refractivity contribution >= 4 is 12.0 Å².